The van der Waals surface area contributed by atoms with Crippen LogP contribution in [0.2, 0.25) is 0 Å². The van der Waals surface area contributed by atoms with Gasteiger partial charge in [0.05, 0.1) is 12.5 Å². The Kier molecular flexibility index (Phi) is 8.84. The highest BCUT2D eigenvalue weighted by atomic mass is 16.4. The number of para-hydroxylation sites is 1. The first-order valence-electron chi connectivity index (χ1n) is 11.9. The number of aliphatic hydroxyl groups excluding tert-OH is 1. The van der Waals surface area contributed by atoms with Gasteiger partial charge in [-0.15, -0.1) is 0 Å². The molecule has 13 heteroatoms. The van der Waals surface area contributed by atoms with Gasteiger partial charge in [-0.25, -0.2) is 4.79 Å². The van der Waals surface area contributed by atoms with Crippen molar-refractivity contribution >= 4 is 40.5 Å². The summed E-state index contributed by atoms with van der Waals surface area (Å²) < 4.78 is 0. The summed E-state index contributed by atoms with van der Waals surface area (Å²) in [7, 11) is 0. The van der Waals surface area contributed by atoms with E-state index < -0.39 is 66.3 Å². The van der Waals surface area contributed by atoms with E-state index in [1.54, 1.807) is 6.20 Å². The molecular formula is C24H32N6O7. The van der Waals surface area contributed by atoms with Crippen molar-refractivity contribution in [3.8, 4) is 0 Å². The second kappa shape index (κ2) is 11.8. The van der Waals surface area contributed by atoms with Crippen molar-refractivity contribution in [1.29, 1.82) is 0 Å². The summed E-state index contributed by atoms with van der Waals surface area (Å²) in [6.45, 7) is 1.45. The Balaban J connectivity index is 1.73. The maximum absolute atomic E-state index is 13.2. The monoisotopic (exact) mass is 516 g/mol. The molecule has 37 heavy (non-hydrogen) atoms. The Morgan fingerprint density at radius 1 is 1.16 bits per heavy atom. The van der Waals surface area contributed by atoms with Gasteiger partial charge in [0.25, 0.3) is 0 Å². The molecule has 1 aliphatic heterocycles. The first-order valence-corrected chi connectivity index (χ1v) is 11.9. The molecule has 1 aromatic carbocycles. The third-order valence-corrected chi connectivity index (χ3v) is 6.39. The fourth-order valence-electron chi connectivity index (χ4n) is 4.38. The van der Waals surface area contributed by atoms with Crippen LogP contribution in [0.15, 0.2) is 30.5 Å². The van der Waals surface area contributed by atoms with Gasteiger partial charge in [-0.05, 0) is 31.4 Å². The quantitative estimate of drug-likeness (QED) is 0.183. The number of amides is 4. The van der Waals surface area contributed by atoms with Crippen molar-refractivity contribution in [2.75, 3.05) is 6.54 Å². The number of carbonyl (C=O) groups excluding carboxylic acids is 4. The highest BCUT2D eigenvalue weighted by Crippen LogP contribution is 2.22. The number of nitrogens with two attached hydrogens (primary N) is 2. The van der Waals surface area contributed by atoms with Gasteiger partial charge in [-0.2, -0.15) is 0 Å². The number of carboxylic acids is 1. The van der Waals surface area contributed by atoms with E-state index >= 15 is 0 Å². The van der Waals surface area contributed by atoms with Gasteiger partial charge in [-0.3, -0.25) is 19.2 Å². The number of nitrogens with one attached hydrogen (secondary N) is 3. The van der Waals surface area contributed by atoms with E-state index in [1.165, 1.54) is 11.8 Å². The van der Waals surface area contributed by atoms with Gasteiger partial charge in [0.2, 0.25) is 23.6 Å². The Morgan fingerprint density at radius 2 is 1.86 bits per heavy atom. The van der Waals surface area contributed by atoms with Crippen molar-refractivity contribution < 1.29 is 34.2 Å². The summed E-state index contributed by atoms with van der Waals surface area (Å²) in [4.78, 5) is 66.5. The van der Waals surface area contributed by atoms with Crippen LogP contribution in [-0.4, -0.2) is 86.5 Å². The lowest BCUT2D eigenvalue weighted by atomic mass is 10.0. The summed E-state index contributed by atoms with van der Waals surface area (Å²) in [6, 6.07) is 2.36. The lowest BCUT2D eigenvalue weighted by Gasteiger charge is -2.29. The Bertz CT molecular complexity index is 1180. The fraction of sp³-hybridized carbons (Fsp3) is 0.458. The lowest BCUT2D eigenvalue weighted by Crippen LogP contribution is -2.58. The smallest absolute Gasteiger partial charge is 0.326 e. The second-order valence-corrected chi connectivity index (χ2v) is 9.15. The maximum Gasteiger partial charge on any atom is 0.326 e. The molecule has 2 aromatic rings. The average molecular weight is 517 g/mol. The van der Waals surface area contributed by atoms with Crippen molar-refractivity contribution in [2.45, 2.75) is 62.9 Å². The van der Waals surface area contributed by atoms with E-state index in [4.69, 9.17) is 11.5 Å². The van der Waals surface area contributed by atoms with Crippen molar-refractivity contribution in [2.24, 2.45) is 11.5 Å². The maximum atomic E-state index is 13.2. The molecule has 4 amide bonds. The molecule has 200 valence electrons. The molecule has 0 spiro atoms. The number of carboxylic acid groups (broad SMARTS) is 1. The average Bonchev–Trinajstić information content (AvgIpc) is 3.49. The number of aromatic amines is 1. The zero-order valence-corrected chi connectivity index (χ0v) is 20.3. The van der Waals surface area contributed by atoms with Gasteiger partial charge in [0, 0.05) is 30.1 Å². The highest BCUT2D eigenvalue weighted by Gasteiger charge is 2.39. The van der Waals surface area contributed by atoms with Crippen LogP contribution in [0.3, 0.4) is 0 Å². The summed E-state index contributed by atoms with van der Waals surface area (Å²) in [5.41, 5.74) is 12.4. The van der Waals surface area contributed by atoms with Gasteiger partial charge >= 0.3 is 5.97 Å². The molecule has 3 rings (SSSR count). The number of rotatable bonds is 11. The third kappa shape index (κ3) is 6.62. The number of aromatic nitrogens is 1. The number of nitrogens with zero attached hydrogens (tertiary/aromatic N) is 1. The third-order valence-electron chi connectivity index (χ3n) is 6.39. The largest absolute Gasteiger partial charge is 0.480 e. The van der Waals surface area contributed by atoms with E-state index in [0.29, 0.717) is 12.0 Å². The SMILES string of the molecule is CC(O)C(N)C(=O)NC(CC(N)=O)C(=O)N1CCCC1C(=O)NC(Cc1c[nH]c2ccccc12)C(=O)O. The van der Waals surface area contributed by atoms with Crippen molar-refractivity contribution in [1.82, 2.24) is 20.5 Å². The topological polar surface area (TPSA) is 221 Å². The van der Waals surface area contributed by atoms with Gasteiger partial charge in [0.1, 0.15) is 24.2 Å². The van der Waals surface area contributed by atoms with Crippen LogP contribution in [0, 0.1) is 0 Å². The predicted octanol–water partition coefficient (Wildman–Crippen LogP) is -1.66. The van der Waals surface area contributed by atoms with Crippen LogP contribution in [0.5, 0.6) is 0 Å². The molecule has 5 unspecified atom stereocenters. The summed E-state index contributed by atoms with van der Waals surface area (Å²) in [6.07, 6.45) is 0.673. The molecule has 1 fully saturated rings. The highest BCUT2D eigenvalue weighted by molar-refractivity contribution is 5.96. The van der Waals surface area contributed by atoms with E-state index in [2.05, 4.69) is 15.6 Å². The van der Waals surface area contributed by atoms with E-state index in [9.17, 15) is 34.2 Å². The van der Waals surface area contributed by atoms with Gasteiger partial charge in [0.15, 0.2) is 0 Å². The van der Waals surface area contributed by atoms with Gasteiger partial charge < -0.3 is 42.2 Å². The molecule has 13 nitrogen and oxygen atoms in total. The van der Waals surface area contributed by atoms with Gasteiger partial charge in [-0.1, -0.05) is 18.2 Å². The molecule has 5 atom stereocenters. The molecule has 9 N–H and O–H groups in total. The minimum absolute atomic E-state index is 0.0172. The number of H-pyrrole nitrogens is 1. The van der Waals surface area contributed by atoms with Crippen LogP contribution < -0.4 is 22.1 Å². The fourth-order valence-corrected chi connectivity index (χ4v) is 4.38. The van der Waals surface area contributed by atoms with Crippen molar-refractivity contribution in [3.63, 3.8) is 0 Å². The number of aliphatic hydroxyl groups is 1. The molecule has 0 saturated carbocycles. The van der Waals surface area contributed by atoms with Crippen molar-refractivity contribution in [3.05, 3.63) is 36.0 Å². The summed E-state index contributed by atoms with van der Waals surface area (Å²) in [5, 5.41) is 25.0. The molecule has 0 aliphatic carbocycles. The zero-order chi connectivity index (χ0) is 27.3. The van der Waals surface area contributed by atoms with E-state index in [-0.39, 0.29) is 19.4 Å². The summed E-state index contributed by atoms with van der Waals surface area (Å²) in [5.74, 6) is -4.36. The number of fused-ring (bicyclic) bond motifs is 1. The van der Waals surface area contributed by atoms with Crippen LogP contribution in [0.1, 0.15) is 31.7 Å². The van der Waals surface area contributed by atoms with E-state index in [1.807, 2.05) is 24.3 Å². The van der Waals surface area contributed by atoms with Crippen LogP contribution in [0.4, 0.5) is 0 Å². The van der Waals surface area contributed by atoms with Crippen LogP contribution in [-0.2, 0) is 30.4 Å². The number of primary amides is 1. The molecule has 2 heterocycles. The second-order valence-electron chi connectivity index (χ2n) is 9.15. The molecular weight excluding hydrogens is 484 g/mol. The van der Waals surface area contributed by atoms with Crippen LogP contribution in [0.25, 0.3) is 10.9 Å². The molecule has 0 radical (unpaired) electrons. The number of hydrogen-bond donors (Lipinski definition) is 7. The predicted molar refractivity (Wildman–Crippen MR) is 132 cm³/mol. The van der Waals surface area contributed by atoms with E-state index in [0.717, 1.165) is 10.9 Å². The number of carbonyl (C=O) groups is 5. The minimum Gasteiger partial charge on any atom is -0.480 e. The molecule has 0 bridgehead atoms. The zero-order valence-electron chi connectivity index (χ0n) is 20.3. The molecule has 1 aliphatic rings. The standard InChI is InChI=1S/C24H32N6O7/c1-12(31)20(26)22(34)28-16(10-19(25)32)23(35)30-8-4-7-18(30)21(33)29-17(24(36)37)9-13-11-27-15-6-3-2-5-14(13)15/h2-3,5-6,11-12,16-18,20,27,31H,4,7-10,26H2,1H3,(H2,25,32)(H,28,34)(H,29,33)(H,36,37). The number of hydrogen-bond acceptors (Lipinski definition) is 7. The first kappa shape index (κ1) is 27.6. The Hall–Kier alpha value is -3.97. The normalized spacial score (nSPS) is 18.6. The number of aliphatic carboxylic acids is 1. The first-order chi connectivity index (χ1) is 17.5. The Labute approximate surface area is 212 Å². The molecule has 1 saturated heterocycles. The number of benzene rings is 1. The summed E-state index contributed by atoms with van der Waals surface area (Å²) >= 11 is 0. The Morgan fingerprint density at radius 3 is 2.51 bits per heavy atom. The molecule has 1 aromatic heterocycles. The number of likely N-dealkylation sites (tertiary alicyclic amines) is 1. The minimum atomic E-state index is -1.40. The lowest BCUT2D eigenvalue weighted by molar-refractivity contribution is -0.145. The van der Waals surface area contributed by atoms with Crippen LogP contribution >= 0.6 is 0 Å².